The predicted octanol–water partition coefficient (Wildman–Crippen LogP) is 0.942. The third-order valence-electron chi connectivity index (χ3n) is 3.49. The lowest BCUT2D eigenvalue weighted by atomic mass is 9.98. The van der Waals surface area contributed by atoms with Gasteiger partial charge in [0.15, 0.2) is 0 Å². The van der Waals surface area contributed by atoms with Gasteiger partial charge in [0.1, 0.15) is 23.4 Å². The van der Waals surface area contributed by atoms with Gasteiger partial charge >= 0.3 is 0 Å². The van der Waals surface area contributed by atoms with Gasteiger partial charge in [-0.05, 0) is 48.4 Å². The zero-order valence-corrected chi connectivity index (χ0v) is 12.6. The highest BCUT2D eigenvalue weighted by atomic mass is 35.5. The first kappa shape index (κ1) is 15.3. The van der Waals surface area contributed by atoms with Crippen molar-refractivity contribution in [1.29, 1.82) is 0 Å². The van der Waals surface area contributed by atoms with Gasteiger partial charge in [-0.25, -0.2) is 0 Å². The lowest BCUT2D eigenvalue weighted by Gasteiger charge is -2.24. The molecule has 1 N–H and O–H groups in total. The lowest BCUT2D eigenvalue weighted by molar-refractivity contribution is -0.00000612. The van der Waals surface area contributed by atoms with Crippen molar-refractivity contribution in [2.24, 2.45) is 0 Å². The summed E-state index contributed by atoms with van der Waals surface area (Å²) < 4.78 is 11.1. The standard InChI is InChI=1S/C17H16O3.ClH/c1-11-9-16(12-3-6-14(19-2)7-4-12)20-17-10-13(18)5-8-15(11)17;/h3-10,16,18H,1-2H3;1H/p-1. The first-order chi connectivity index (χ1) is 9.67. The molecule has 0 radical (unpaired) electrons. The topological polar surface area (TPSA) is 38.7 Å². The van der Waals surface area contributed by atoms with Crippen LogP contribution in [-0.4, -0.2) is 12.2 Å². The first-order valence-electron chi connectivity index (χ1n) is 6.50. The Kier molecular flexibility index (Phi) is 4.43. The number of allylic oxidation sites excluding steroid dienone is 1. The van der Waals surface area contributed by atoms with Crippen LogP contribution in [0.3, 0.4) is 0 Å². The van der Waals surface area contributed by atoms with Gasteiger partial charge in [0.05, 0.1) is 7.11 Å². The summed E-state index contributed by atoms with van der Waals surface area (Å²) in [4.78, 5) is 0. The molecule has 4 heteroatoms. The molecule has 110 valence electrons. The van der Waals surface area contributed by atoms with E-state index in [4.69, 9.17) is 9.47 Å². The monoisotopic (exact) mass is 303 g/mol. The quantitative estimate of drug-likeness (QED) is 0.897. The number of phenols is 1. The van der Waals surface area contributed by atoms with Crippen LogP contribution in [0.4, 0.5) is 0 Å². The Morgan fingerprint density at radius 2 is 1.81 bits per heavy atom. The largest absolute Gasteiger partial charge is 1.00 e. The highest BCUT2D eigenvalue weighted by molar-refractivity contribution is 5.72. The van der Waals surface area contributed by atoms with E-state index in [1.54, 1.807) is 19.2 Å². The molecule has 0 saturated carbocycles. The van der Waals surface area contributed by atoms with Crippen molar-refractivity contribution in [2.75, 3.05) is 7.11 Å². The molecule has 1 unspecified atom stereocenters. The van der Waals surface area contributed by atoms with Gasteiger partial charge in [-0.15, -0.1) is 0 Å². The Morgan fingerprint density at radius 3 is 2.48 bits per heavy atom. The van der Waals surface area contributed by atoms with Gasteiger partial charge < -0.3 is 27.0 Å². The van der Waals surface area contributed by atoms with E-state index in [1.807, 2.05) is 30.3 Å². The predicted molar refractivity (Wildman–Crippen MR) is 78.1 cm³/mol. The van der Waals surface area contributed by atoms with Crippen molar-refractivity contribution in [2.45, 2.75) is 13.0 Å². The number of hydrogen-bond donors (Lipinski definition) is 1. The summed E-state index contributed by atoms with van der Waals surface area (Å²) in [5.41, 5.74) is 3.22. The molecular weight excluding hydrogens is 288 g/mol. The Balaban J connectivity index is 0.00000161. The summed E-state index contributed by atoms with van der Waals surface area (Å²) in [5.74, 6) is 1.75. The minimum Gasteiger partial charge on any atom is -1.00 e. The molecule has 1 aliphatic heterocycles. The molecule has 0 bridgehead atoms. The molecule has 1 heterocycles. The summed E-state index contributed by atoms with van der Waals surface area (Å²) in [6, 6.07) is 13.0. The van der Waals surface area contributed by atoms with Crippen LogP contribution >= 0.6 is 0 Å². The van der Waals surface area contributed by atoms with Crippen LogP contribution in [0.15, 0.2) is 48.5 Å². The van der Waals surface area contributed by atoms with E-state index in [-0.39, 0.29) is 24.3 Å². The molecule has 3 nitrogen and oxygen atoms in total. The number of aromatic hydroxyl groups is 1. The molecule has 0 spiro atoms. The van der Waals surface area contributed by atoms with Gasteiger partial charge in [0.25, 0.3) is 0 Å². The maximum atomic E-state index is 9.58. The van der Waals surface area contributed by atoms with Crippen molar-refractivity contribution in [3.8, 4) is 17.2 Å². The van der Waals surface area contributed by atoms with Crippen LogP contribution in [0.2, 0.25) is 0 Å². The van der Waals surface area contributed by atoms with E-state index in [0.717, 1.165) is 22.4 Å². The third-order valence-corrected chi connectivity index (χ3v) is 3.49. The molecule has 0 saturated heterocycles. The molecule has 2 aromatic rings. The second-order valence-corrected chi connectivity index (χ2v) is 4.84. The Morgan fingerprint density at radius 1 is 1.10 bits per heavy atom. The highest BCUT2D eigenvalue weighted by Gasteiger charge is 2.20. The number of halogens is 1. The van der Waals surface area contributed by atoms with Gasteiger partial charge in [-0.1, -0.05) is 12.1 Å². The third kappa shape index (κ3) is 2.98. The van der Waals surface area contributed by atoms with Gasteiger partial charge in [-0.2, -0.15) is 0 Å². The summed E-state index contributed by atoms with van der Waals surface area (Å²) in [5, 5.41) is 9.58. The maximum absolute atomic E-state index is 9.58. The molecular formula is C17H16ClO3-. The van der Waals surface area contributed by atoms with Crippen LogP contribution in [0, 0.1) is 0 Å². The van der Waals surface area contributed by atoms with Crippen molar-refractivity contribution < 1.29 is 27.0 Å². The molecule has 1 atom stereocenters. The van der Waals surface area contributed by atoms with Crippen molar-refractivity contribution in [1.82, 2.24) is 0 Å². The molecule has 0 aromatic heterocycles. The van der Waals surface area contributed by atoms with Gasteiger partial charge in [0, 0.05) is 11.6 Å². The smallest absolute Gasteiger partial charge is 0.143 e. The van der Waals surface area contributed by atoms with Gasteiger partial charge in [0.2, 0.25) is 0 Å². The van der Waals surface area contributed by atoms with Crippen LogP contribution < -0.4 is 21.9 Å². The van der Waals surface area contributed by atoms with Crippen LogP contribution in [0.1, 0.15) is 24.2 Å². The molecule has 0 fully saturated rings. The van der Waals surface area contributed by atoms with Crippen LogP contribution in [0.5, 0.6) is 17.2 Å². The molecule has 21 heavy (non-hydrogen) atoms. The Bertz CT molecular complexity index is 662. The number of methoxy groups -OCH3 is 1. The number of rotatable bonds is 2. The summed E-state index contributed by atoms with van der Waals surface area (Å²) in [7, 11) is 1.65. The van der Waals surface area contributed by atoms with E-state index in [0.29, 0.717) is 5.75 Å². The fourth-order valence-corrected chi connectivity index (χ4v) is 2.38. The van der Waals surface area contributed by atoms with E-state index in [2.05, 4.69) is 13.0 Å². The van der Waals surface area contributed by atoms with Gasteiger partial charge in [-0.3, -0.25) is 0 Å². The second kappa shape index (κ2) is 6.10. The van der Waals surface area contributed by atoms with E-state index < -0.39 is 0 Å². The van der Waals surface area contributed by atoms with Crippen LogP contribution in [0.25, 0.3) is 5.57 Å². The summed E-state index contributed by atoms with van der Waals surface area (Å²) in [6.45, 7) is 2.05. The average Bonchev–Trinajstić information content (AvgIpc) is 2.46. The minimum atomic E-state index is -0.143. The zero-order chi connectivity index (χ0) is 14.1. The average molecular weight is 304 g/mol. The summed E-state index contributed by atoms with van der Waals surface area (Å²) in [6.07, 6.45) is 1.94. The highest BCUT2D eigenvalue weighted by Crippen LogP contribution is 2.39. The van der Waals surface area contributed by atoms with E-state index in [1.165, 1.54) is 0 Å². The van der Waals surface area contributed by atoms with Crippen LogP contribution in [-0.2, 0) is 0 Å². The molecule has 1 aliphatic rings. The fourth-order valence-electron chi connectivity index (χ4n) is 2.38. The zero-order valence-electron chi connectivity index (χ0n) is 11.8. The minimum absolute atomic E-state index is 0. The molecule has 2 aromatic carbocycles. The molecule has 3 rings (SSSR count). The molecule has 0 amide bonds. The first-order valence-corrected chi connectivity index (χ1v) is 6.50. The Hall–Kier alpha value is -2.13. The number of hydrogen-bond acceptors (Lipinski definition) is 3. The number of ether oxygens (including phenoxy) is 2. The summed E-state index contributed by atoms with van der Waals surface area (Å²) >= 11 is 0. The Labute approximate surface area is 130 Å². The van der Waals surface area contributed by atoms with Crippen molar-refractivity contribution in [3.05, 3.63) is 59.7 Å². The normalized spacial score (nSPS) is 16.1. The van der Waals surface area contributed by atoms with Crippen molar-refractivity contribution in [3.63, 3.8) is 0 Å². The number of fused-ring (bicyclic) bond motifs is 1. The van der Waals surface area contributed by atoms with E-state index >= 15 is 0 Å². The second-order valence-electron chi connectivity index (χ2n) is 4.84. The SMILES string of the molecule is COc1ccc(C2C=C(C)c3ccc(O)cc3O2)cc1.[Cl-]. The van der Waals surface area contributed by atoms with Crippen molar-refractivity contribution >= 4 is 5.57 Å². The number of phenolic OH excluding ortho intramolecular Hbond substituents is 1. The maximum Gasteiger partial charge on any atom is 0.143 e. The number of benzene rings is 2. The molecule has 0 aliphatic carbocycles. The lowest BCUT2D eigenvalue weighted by Crippen LogP contribution is -3.00. The van der Waals surface area contributed by atoms with E-state index in [9.17, 15) is 5.11 Å². The fraction of sp³-hybridized carbons (Fsp3) is 0.176.